The topological polar surface area (TPSA) is 61.3 Å². The molecule has 0 heterocycles. The molecule has 0 saturated carbocycles. The molecule has 0 unspecified atom stereocenters. The van der Waals surface area contributed by atoms with Crippen LogP contribution in [0.5, 0.6) is 5.75 Å². The fourth-order valence-electron chi connectivity index (χ4n) is 0.781. The number of anilines is 1. The number of hydrogen-bond acceptors (Lipinski definition) is 3. The second-order valence-electron chi connectivity index (χ2n) is 2.21. The maximum Gasteiger partial charge on any atom is 0.121 e. The molecule has 5 heteroatoms. The van der Waals surface area contributed by atoms with Crippen molar-refractivity contribution in [1.29, 1.82) is 0 Å². The minimum Gasteiger partial charge on any atom is -0.492 e. The second kappa shape index (κ2) is 7.98. The molecule has 0 atom stereocenters. The van der Waals surface area contributed by atoms with Crippen molar-refractivity contribution in [2.45, 2.75) is 0 Å². The van der Waals surface area contributed by atoms with Gasteiger partial charge in [0.2, 0.25) is 0 Å². The van der Waals surface area contributed by atoms with Gasteiger partial charge in [0, 0.05) is 18.3 Å². The average molecular weight is 225 g/mol. The first-order valence-corrected chi connectivity index (χ1v) is 3.51. The van der Waals surface area contributed by atoms with E-state index in [0.717, 1.165) is 5.75 Å². The minimum absolute atomic E-state index is 0. The van der Waals surface area contributed by atoms with Gasteiger partial charge < -0.3 is 16.2 Å². The summed E-state index contributed by atoms with van der Waals surface area (Å²) >= 11 is 0. The SMILES string of the molecule is Cl.Cl.NCCOc1cccc(N)c1. The minimum atomic E-state index is 0. The lowest BCUT2D eigenvalue weighted by Crippen LogP contribution is -2.10. The Morgan fingerprint density at radius 1 is 1.23 bits per heavy atom. The monoisotopic (exact) mass is 224 g/mol. The first kappa shape index (κ1) is 14.9. The highest BCUT2D eigenvalue weighted by molar-refractivity contribution is 5.85. The van der Waals surface area contributed by atoms with Crippen LogP contribution in [0.1, 0.15) is 0 Å². The molecule has 0 bridgehead atoms. The zero-order valence-electron chi connectivity index (χ0n) is 7.10. The summed E-state index contributed by atoms with van der Waals surface area (Å²) in [5, 5.41) is 0. The van der Waals surface area contributed by atoms with Crippen molar-refractivity contribution in [2.24, 2.45) is 5.73 Å². The molecular weight excluding hydrogens is 211 g/mol. The number of nitrogens with two attached hydrogens (primary N) is 2. The number of nitrogen functional groups attached to an aromatic ring is 1. The van der Waals surface area contributed by atoms with Crippen LogP contribution in [-0.4, -0.2) is 13.2 Å². The zero-order valence-corrected chi connectivity index (χ0v) is 8.74. The lowest BCUT2D eigenvalue weighted by Gasteiger charge is -2.03. The van der Waals surface area contributed by atoms with E-state index in [1.807, 2.05) is 18.2 Å². The van der Waals surface area contributed by atoms with Gasteiger partial charge in [0.15, 0.2) is 0 Å². The predicted molar refractivity (Wildman–Crippen MR) is 59.9 cm³/mol. The van der Waals surface area contributed by atoms with Crippen LogP contribution < -0.4 is 16.2 Å². The van der Waals surface area contributed by atoms with Crippen LogP contribution >= 0.6 is 24.8 Å². The Kier molecular flexibility index (Phi) is 9.12. The van der Waals surface area contributed by atoms with E-state index in [1.54, 1.807) is 6.07 Å². The Balaban J connectivity index is 0. The van der Waals surface area contributed by atoms with Gasteiger partial charge in [-0.15, -0.1) is 24.8 Å². The van der Waals surface area contributed by atoms with E-state index in [2.05, 4.69) is 0 Å². The molecule has 0 saturated heterocycles. The standard InChI is InChI=1S/C8H12N2O.2ClH/c9-4-5-11-8-3-1-2-7(10)6-8;;/h1-3,6H,4-5,9-10H2;2*1H. The Morgan fingerprint density at radius 3 is 2.46 bits per heavy atom. The molecule has 76 valence electrons. The summed E-state index contributed by atoms with van der Waals surface area (Å²) in [7, 11) is 0. The highest BCUT2D eigenvalue weighted by Crippen LogP contribution is 2.13. The summed E-state index contributed by atoms with van der Waals surface area (Å²) in [4.78, 5) is 0. The Bertz CT molecular complexity index is 233. The summed E-state index contributed by atoms with van der Waals surface area (Å²) in [5.41, 5.74) is 11.5. The third kappa shape index (κ3) is 5.58. The molecule has 0 radical (unpaired) electrons. The third-order valence-electron chi connectivity index (χ3n) is 1.24. The molecule has 1 aromatic carbocycles. The summed E-state index contributed by atoms with van der Waals surface area (Å²) < 4.78 is 5.23. The molecule has 0 aliphatic rings. The number of halogens is 2. The molecule has 3 nitrogen and oxygen atoms in total. The molecule has 0 fully saturated rings. The summed E-state index contributed by atoms with van der Waals surface area (Å²) in [6.07, 6.45) is 0. The van der Waals surface area contributed by atoms with Gasteiger partial charge in [-0.3, -0.25) is 0 Å². The second-order valence-corrected chi connectivity index (χ2v) is 2.21. The lowest BCUT2D eigenvalue weighted by molar-refractivity contribution is 0.328. The van der Waals surface area contributed by atoms with E-state index in [4.69, 9.17) is 16.2 Å². The third-order valence-corrected chi connectivity index (χ3v) is 1.24. The van der Waals surface area contributed by atoms with Gasteiger partial charge in [-0.25, -0.2) is 0 Å². The first-order valence-electron chi connectivity index (χ1n) is 3.51. The fourth-order valence-corrected chi connectivity index (χ4v) is 0.781. The van der Waals surface area contributed by atoms with Gasteiger partial charge in [0.1, 0.15) is 12.4 Å². The van der Waals surface area contributed by atoms with Crippen LogP contribution in [0, 0.1) is 0 Å². The van der Waals surface area contributed by atoms with Crippen molar-refractivity contribution in [3.8, 4) is 5.75 Å². The number of hydrogen-bond donors (Lipinski definition) is 2. The summed E-state index contributed by atoms with van der Waals surface area (Å²) in [6, 6.07) is 7.29. The Hall–Kier alpha value is -0.640. The summed E-state index contributed by atoms with van der Waals surface area (Å²) in [5.74, 6) is 0.774. The Labute approximate surface area is 90.3 Å². The summed E-state index contributed by atoms with van der Waals surface area (Å²) in [6.45, 7) is 1.05. The van der Waals surface area contributed by atoms with Crippen molar-refractivity contribution in [3.63, 3.8) is 0 Å². The van der Waals surface area contributed by atoms with Crippen LogP contribution in [0.2, 0.25) is 0 Å². The van der Waals surface area contributed by atoms with Gasteiger partial charge in [-0.05, 0) is 12.1 Å². The molecule has 0 amide bonds. The molecule has 0 aliphatic carbocycles. The van der Waals surface area contributed by atoms with Crippen LogP contribution in [0.25, 0.3) is 0 Å². The Morgan fingerprint density at radius 2 is 1.92 bits per heavy atom. The van der Waals surface area contributed by atoms with Crippen molar-refractivity contribution < 1.29 is 4.74 Å². The smallest absolute Gasteiger partial charge is 0.121 e. The molecule has 1 aromatic rings. The van der Waals surface area contributed by atoms with Gasteiger partial charge in [-0.1, -0.05) is 6.07 Å². The fraction of sp³-hybridized carbons (Fsp3) is 0.250. The molecule has 4 N–H and O–H groups in total. The number of benzene rings is 1. The van der Waals surface area contributed by atoms with Gasteiger partial charge in [0.05, 0.1) is 0 Å². The molecule has 0 aromatic heterocycles. The van der Waals surface area contributed by atoms with Crippen LogP contribution in [0.15, 0.2) is 24.3 Å². The number of rotatable bonds is 3. The van der Waals surface area contributed by atoms with Gasteiger partial charge in [-0.2, -0.15) is 0 Å². The van der Waals surface area contributed by atoms with Gasteiger partial charge >= 0.3 is 0 Å². The zero-order chi connectivity index (χ0) is 8.10. The highest BCUT2D eigenvalue weighted by atomic mass is 35.5. The van der Waals surface area contributed by atoms with Crippen molar-refractivity contribution in [1.82, 2.24) is 0 Å². The normalized spacial score (nSPS) is 8.08. The molecule has 13 heavy (non-hydrogen) atoms. The van der Waals surface area contributed by atoms with E-state index >= 15 is 0 Å². The largest absolute Gasteiger partial charge is 0.492 e. The van der Waals surface area contributed by atoms with Crippen molar-refractivity contribution >= 4 is 30.5 Å². The molecule has 1 rings (SSSR count). The molecule has 0 aliphatic heterocycles. The van der Waals surface area contributed by atoms with Crippen LogP contribution in [0.4, 0.5) is 5.69 Å². The van der Waals surface area contributed by atoms with Crippen LogP contribution in [0.3, 0.4) is 0 Å². The maximum absolute atomic E-state index is 5.52. The van der Waals surface area contributed by atoms with Crippen LogP contribution in [-0.2, 0) is 0 Å². The molecular formula is C8H14Cl2N2O. The van der Waals surface area contributed by atoms with E-state index in [9.17, 15) is 0 Å². The van der Waals surface area contributed by atoms with Gasteiger partial charge in [0.25, 0.3) is 0 Å². The van der Waals surface area contributed by atoms with Crippen molar-refractivity contribution in [2.75, 3.05) is 18.9 Å². The van der Waals surface area contributed by atoms with E-state index in [0.29, 0.717) is 18.8 Å². The van der Waals surface area contributed by atoms with E-state index in [-0.39, 0.29) is 24.8 Å². The maximum atomic E-state index is 5.52. The quantitative estimate of drug-likeness (QED) is 0.765. The van der Waals surface area contributed by atoms with Crippen molar-refractivity contribution in [3.05, 3.63) is 24.3 Å². The van der Waals surface area contributed by atoms with E-state index < -0.39 is 0 Å². The molecule has 0 spiro atoms. The first-order chi connectivity index (χ1) is 5.33. The van der Waals surface area contributed by atoms with E-state index in [1.165, 1.54) is 0 Å². The number of ether oxygens (including phenoxy) is 1. The predicted octanol–water partition coefficient (Wildman–Crippen LogP) is 1.45. The highest BCUT2D eigenvalue weighted by Gasteiger charge is 1.91. The average Bonchev–Trinajstić information content (AvgIpc) is 2.01. The lowest BCUT2D eigenvalue weighted by atomic mass is 10.3.